The zero-order chi connectivity index (χ0) is 14.1. The number of hydrogen-bond donors (Lipinski definition) is 1. The van der Waals surface area contributed by atoms with Crippen molar-refractivity contribution in [3.8, 4) is 0 Å². The number of hydrogen-bond acceptors (Lipinski definition) is 4. The lowest BCUT2D eigenvalue weighted by atomic mass is 10.2. The van der Waals surface area contributed by atoms with E-state index >= 15 is 0 Å². The van der Waals surface area contributed by atoms with E-state index in [0.29, 0.717) is 5.75 Å². The lowest BCUT2D eigenvalue weighted by Gasteiger charge is -2.14. The van der Waals surface area contributed by atoms with Gasteiger partial charge in [-0.15, -0.1) is 0 Å². The smallest absolute Gasteiger partial charge is 0.329 e. The van der Waals surface area contributed by atoms with E-state index in [9.17, 15) is 9.59 Å². The van der Waals surface area contributed by atoms with Gasteiger partial charge in [-0.1, -0.05) is 30.3 Å². The molecule has 1 N–H and O–H groups in total. The molecule has 4 nitrogen and oxygen atoms in total. The van der Waals surface area contributed by atoms with Gasteiger partial charge in [0.05, 0.1) is 7.11 Å². The van der Waals surface area contributed by atoms with Crippen molar-refractivity contribution >= 4 is 23.6 Å². The molecule has 0 aliphatic carbocycles. The molecule has 1 amide bonds. The first-order valence-corrected chi connectivity index (χ1v) is 7.25. The topological polar surface area (TPSA) is 55.4 Å². The molecule has 0 fully saturated rings. The summed E-state index contributed by atoms with van der Waals surface area (Å²) in [6, 6.07) is 9.59. The van der Waals surface area contributed by atoms with Crippen molar-refractivity contribution in [2.45, 2.75) is 19.4 Å². The van der Waals surface area contributed by atoms with Gasteiger partial charge in [0, 0.05) is 12.7 Å². The fourth-order valence-electron chi connectivity index (χ4n) is 1.59. The number of aryl methyl sites for hydroxylation is 1. The molecule has 1 aromatic rings. The molecule has 5 heteroatoms. The lowest BCUT2D eigenvalue weighted by Crippen LogP contribution is -2.42. The number of rotatable bonds is 7. The first kappa shape index (κ1) is 15.6. The zero-order valence-corrected chi connectivity index (χ0v) is 12.0. The third-order valence-electron chi connectivity index (χ3n) is 2.53. The average Bonchev–Trinajstić information content (AvgIpc) is 2.42. The highest BCUT2D eigenvalue weighted by Crippen LogP contribution is 2.09. The highest BCUT2D eigenvalue weighted by molar-refractivity contribution is 7.99. The molecule has 0 spiro atoms. The highest BCUT2D eigenvalue weighted by atomic mass is 32.2. The molecule has 1 unspecified atom stereocenters. The van der Waals surface area contributed by atoms with Crippen molar-refractivity contribution in [1.82, 2.24) is 5.32 Å². The molecule has 0 saturated heterocycles. The number of amides is 1. The molecule has 0 aliphatic rings. The Hall–Kier alpha value is -1.49. The number of nitrogens with one attached hydrogen (secondary N) is 1. The van der Waals surface area contributed by atoms with Gasteiger partial charge in [0.2, 0.25) is 5.91 Å². The summed E-state index contributed by atoms with van der Waals surface area (Å²) in [5.41, 5.74) is 1.27. The van der Waals surface area contributed by atoms with Gasteiger partial charge >= 0.3 is 5.97 Å². The minimum atomic E-state index is -0.566. The molecular formula is C14H19NO3S. The maximum absolute atomic E-state index is 11.5. The molecule has 1 rings (SSSR count). The molecular weight excluding hydrogens is 262 g/mol. The summed E-state index contributed by atoms with van der Waals surface area (Å²) in [6.07, 6.45) is 0.944. The fraction of sp³-hybridized carbons (Fsp3) is 0.429. The summed E-state index contributed by atoms with van der Waals surface area (Å²) in [7, 11) is 1.33. The molecule has 0 aromatic heterocycles. The van der Waals surface area contributed by atoms with E-state index in [1.165, 1.54) is 19.6 Å². The number of esters is 1. The molecule has 1 atom stereocenters. The zero-order valence-electron chi connectivity index (χ0n) is 11.2. The van der Waals surface area contributed by atoms with Gasteiger partial charge in [-0.25, -0.2) is 4.79 Å². The van der Waals surface area contributed by atoms with E-state index in [1.54, 1.807) is 11.8 Å². The number of benzene rings is 1. The summed E-state index contributed by atoms with van der Waals surface area (Å²) in [4.78, 5) is 22.5. The van der Waals surface area contributed by atoms with Crippen molar-refractivity contribution in [1.29, 1.82) is 0 Å². The maximum atomic E-state index is 11.5. The summed E-state index contributed by atoms with van der Waals surface area (Å²) in [5.74, 6) is 0.803. The summed E-state index contributed by atoms with van der Waals surface area (Å²) >= 11 is 1.63. The normalized spacial score (nSPS) is 11.7. The van der Waals surface area contributed by atoms with Crippen molar-refractivity contribution in [3.05, 3.63) is 35.9 Å². The first-order valence-electron chi connectivity index (χ1n) is 6.10. The van der Waals surface area contributed by atoms with Gasteiger partial charge in [0.1, 0.15) is 6.04 Å². The van der Waals surface area contributed by atoms with Crippen LogP contribution in [-0.2, 0) is 20.7 Å². The Labute approximate surface area is 117 Å². The molecule has 0 aliphatic heterocycles. The van der Waals surface area contributed by atoms with Gasteiger partial charge in [-0.2, -0.15) is 11.8 Å². The van der Waals surface area contributed by atoms with Crippen LogP contribution in [-0.4, -0.2) is 36.5 Å². The second-order valence-electron chi connectivity index (χ2n) is 4.09. The van der Waals surface area contributed by atoms with Crippen LogP contribution in [0.3, 0.4) is 0 Å². The highest BCUT2D eigenvalue weighted by Gasteiger charge is 2.19. The van der Waals surface area contributed by atoms with Crippen LogP contribution >= 0.6 is 11.8 Å². The van der Waals surface area contributed by atoms with Gasteiger partial charge in [0.25, 0.3) is 0 Å². The summed E-state index contributed by atoms with van der Waals surface area (Å²) < 4.78 is 4.66. The summed E-state index contributed by atoms with van der Waals surface area (Å²) in [6.45, 7) is 1.39. The fourth-order valence-corrected chi connectivity index (χ4v) is 2.59. The standard InChI is InChI=1S/C14H19NO3S/c1-11(16)15-13(14(17)18-2)10-19-9-8-12-6-4-3-5-7-12/h3-7,13H,8-10H2,1-2H3,(H,15,16). The molecule has 0 radical (unpaired) electrons. The quantitative estimate of drug-likeness (QED) is 0.610. The van der Waals surface area contributed by atoms with Crippen LogP contribution in [0.4, 0.5) is 0 Å². The van der Waals surface area contributed by atoms with E-state index in [2.05, 4.69) is 22.2 Å². The third-order valence-corrected chi connectivity index (χ3v) is 3.59. The van der Waals surface area contributed by atoms with E-state index in [1.807, 2.05) is 18.2 Å². The van der Waals surface area contributed by atoms with Crippen molar-refractivity contribution in [2.24, 2.45) is 0 Å². The Morgan fingerprint density at radius 1 is 1.32 bits per heavy atom. The van der Waals surface area contributed by atoms with Crippen LogP contribution in [0.2, 0.25) is 0 Å². The second-order valence-corrected chi connectivity index (χ2v) is 5.24. The van der Waals surface area contributed by atoms with Crippen LogP contribution in [0.15, 0.2) is 30.3 Å². The van der Waals surface area contributed by atoms with Crippen LogP contribution in [0.5, 0.6) is 0 Å². The number of methoxy groups -OCH3 is 1. The molecule has 0 heterocycles. The molecule has 19 heavy (non-hydrogen) atoms. The van der Waals surface area contributed by atoms with Crippen molar-refractivity contribution < 1.29 is 14.3 Å². The number of carbonyl (C=O) groups excluding carboxylic acids is 2. The Kier molecular flexibility index (Phi) is 7.03. The van der Waals surface area contributed by atoms with Crippen LogP contribution in [0.25, 0.3) is 0 Å². The van der Waals surface area contributed by atoms with Gasteiger partial charge in [0.15, 0.2) is 0 Å². The minimum Gasteiger partial charge on any atom is -0.467 e. The largest absolute Gasteiger partial charge is 0.467 e. The lowest BCUT2D eigenvalue weighted by molar-refractivity contribution is -0.144. The molecule has 104 valence electrons. The Morgan fingerprint density at radius 3 is 2.58 bits per heavy atom. The Morgan fingerprint density at radius 2 is 2.00 bits per heavy atom. The first-order chi connectivity index (χ1) is 9.13. The monoisotopic (exact) mass is 281 g/mol. The van der Waals surface area contributed by atoms with E-state index in [4.69, 9.17) is 0 Å². The third kappa shape index (κ3) is 6.29. The summed E-state index contributed by atoms with van der Waals surface area (Å²) in [5, 5.41) is 2.59. The number of carbonyl (C=O) groups is 2. The second kappa shape index (κ2) is 8.58. The Balaban J connectivity index is 2.32. The average molecular weight is 281 g/mol. The SMILES string of the molecule is COC(=O)C(CSCCc1ccccc1)NC(C)=O. The van der Waals surface area contributed by atoms with Crippen LogP contribution in [0.1, 0.15) is 12.5 Å². The molecule has 1 aromatic carbocycles. The van der Waals surface area contributed by atoms with Crippen molar-refractivity contribution in [2.75, 3.05) is 18.6 Å². The predicted molar refractivity (Wildman–Crippen MR) is 77.1 cm³/mol. The minimum absolute atomic E-state index is 0.223. The molecule has 0 saturated carbocycles. The van der Waals surface area contributed by atoms with E-state index in [0.717, 1.165) is 12.2 Å². The van der Waals surface area contributed by atoms with Gasteiger partial charge < -0.3 is 10.1 Å². The number of ether oxygens (including phenoxy) is 1. The number of thioether (sulfide) groups is 1. The molecule has 0 bridgehead atoms. The van der Waals surface area contributed by atoms with Gasteiger partial charge in [-0.3, -0.25) is 4.79 Å². The van der Waals surface area contributed by atoms with Crippen molar-refractivity contribution in [3.63, 3.8) is 0 Å². The maximum Gasteiger partial charge on any atom is 0.329 e. The van der Waals surface area contributed by atoms with Gasteiger partial charge in [-0.05, 0) is 17.7 Å². The van der Waals surface area contributed by atoms with E-state index in [-0.39, 0.29) is 5.91 Å². The van der Waals surface area contributed by atoms with Crippen LogP contribution < -0.4 is 5.32 Å². The Bertz CT molecular complexity index is 408. The van der Waals surface area contributed by atoms with Crippen LogP contribution in [0, 0.1) is 0 Å². The van der Waals surface area contributed by atoms with E-state index < -0.39 is 12.0 Å². The predicted octanol–water partition coefficient (Wildman–Crippen LogP) is 1.64.